The van der Waals surface area contributed by atoms with Crippen molar-refractivity contribution in [2.75, 3.05) is 23.7 Å². The third kappa shape index (κ3) is 3.89. The number of hydrogen-bond donors (Lipinski definition) is 3. The van der Waals surface area contributed by atoms with Crippen LogP contribution in [0.3, 0.4) is 0 Å². The van der Waals surface area contributed by atoms with E-state index in [0.717, 1.165) is 54.3 Å². The lowest BCUT2D eigenvalue weighted by atomic mass is 10.1. The summed E-state index contributed by atoms with van der Waals surface area (Å²) in [4.78, 5) is 20.8. The summed E-state index contributed by atoms with van der Waals surface area (Å²) in [6.07, 6.45) is 3.78. The molecule has 3 rings (SSSR count). The van der Waals surface area contributed by atoms with Gasteiger partial charge < -0.3 is 16.0 Å². The summed E-state index contributed by atoms with van der Waals surface area (Å²) >= 11 is 0. The van der Waals surface area contributed by atoms with E-state index in [1.54, 1.807) is 6.33 Å². The van der Waals surface area contributed by atoms with Crippen LogP contribution in [0.2, 0.25) is 0 Å². The van der Waals surface area contributed by atoms with Crippen molar-refractivity contribution in [2.45, 2.75) is 32.7 Å². The van der Waals surface area contributed by atoms with Gasteiger partial charge in [0.1, 0.15) is 12.1 Å². The SMILES string of the molecule is CCc1ccccc1NC(=O)CCNc1ncnc2c1CCNC2. The molecule has 0 saturated heterocycles. The minimum absolute atomic E-state index is 0.00740. The molecule has 2 heterocycles. The molecule has 0 fully saturated rings. The molecule has 0 aliphatic carbocycles. The first kappa shape index (κ1) is 16.4. The van der Waals surface area contributed by atoms with Crippen LogP contribution in [0, 0.1) is 0 Å². The van der Waals surface area contributed by atoms with Gasteiger partial charge in [-0.2, -0.15) is 0 Å². The topological polar surface area (TPSA) is 78.9 Å². The number of aromatic nitrogens is 2. The maximum Gasteiger partial charge on any atom is 0.226 e. The first-order chi connectivity index (χ1) is 11.8. The molecular formula is C18H23N5O. The van der Waals surface area contributed by atoms with E-state index in [1.165, 1.54) is 0 Å². The first-order valence-electron chi connectivity index (χ1n) is 8.43. The molecule has 1 aromatic heterocycles. The Morgan fingerprint density at radius 1 is 1.29 bits per heavy atom. The molecule has 24 heavy (non-hydrogen) atoms. The number of rotatable bonds is 6. The van der Waals surface area contributed by atoms with E-state index in [0.29, 0.717) is 13.0 Å². The number of anilines is 2. The average molecular weight is 325 g/mol. The molecule has 6 nitrogen and oxygen atoms in total. The van der Waals surface area contributed by atoms with Crippen molar-refractivity contribution in [1.82, 2.24) is 15.3 Å². The standard InChI is InChI=1S/C18H23N5O/c1-2-13-5-3-4-6-15(13)23-17(24)8-10-20-18-14-7-9-19-11-16(14)21-12-22-18/h3-6,12,19H,2,7-11H2,1H3,(H,23,24)(H,20,21,22). The van der Waals surface area contributed by atoms with Gasteiger partial charge in [0.25, 0.3) is 0 Å². The molecule has 2 aromatic rings. The highest BCUT2D eigenvalue weighted by Gasteiger charge is 2.15. The van der Waals surface area contributed by atoms with Gasteiger partial charge in [-0.05, 0) is 31.0 Å². The lowest BCUT2D eigenvalue weighted by Crippen LogP contribution is -2.26. The van der Waals surface area contributed by atoms with Crippen LogP contribution in [0.4, 0.5) is 11.5 Å². The van der Waals surface area contributed by atoms with Gasteiger partial charge in [0.05, 0.1) is 5.69 Å². The molecule has 0 unspecified atom stereocenters. The molecular weight excluding hydrogens is 302 g/mol. The molecule has 1 aromatic carbocycles. The number of hydrogen-bond acceptors (Lipinski definition) is 5. The van der Waals surface area contributed by atoms with Crippen LogP contribution in [0.25, 0.3) is 0 Å². The Hall–Kier alpha value is -2.47. The summed E-state index contributed by atoms with van der Waals surface area (Å²) in [6.45, 7) is 4.35. The normalized spacial score (nSPS) is 13.2. The number of carbonyl (C=O) groups excluding carboxylic acids is 1. The Kier molecular flexibility index (Phi) is 5.38. The minimum Gasteiger partial charge on any atom is -0.369 e. The predicted octanol–water partition coefficient (Wildman–Crippen LogP) is 2.13. The number of nitrogens with zero attached hydrogens (tertiary/aromatic N) is 2. The van der Waals surface area contributed by atoms with Gasteiger partial charge in [0, 0.05) is 30.8 Å². The molecule has 1 aliphatic heterocycles. The summed E-state index contributed by atoms with van der Waals surface area (Å²) in [5.41, 5.74) is 4.25. The maximum absolute atomic E-state index is 12.2. The van der Waals surface area contributed by atoms with Gasteiger partial charge >= 0.3 is 0 Å². The molecule has 1 aliphatic rings. The molecule has 0 atom stereocenters. The predicted molar refractivity (Wildman–Crippen MR) is 95.0 cm³/mol. The average Bonchev–Trinajstić information content (AvgIpc) is 2.62. The molecule has 0 radical (unpaired) electrons. The monoisotopic (exact) mass is 325 g/mol. The van der Waals surface area contributed by atoms with E-state index >= 15 is 0 Å². The molecule has 0 spiro atoms. The number of aryl methyl sites for hydroxylation is 1. The van der Waals surface area contributed by atoms with Crippen LogP contribution in [0.15, 0.2) is 30.6 Å². The van der Waals surface area contributed by atoms with E-state index in [-0.39, 0.29) is 5.91 Å². The van der Waals surface area contributed by atoms with Crippen molar-refractivity contribution < 1.29 is 4.79 Å². The summed E-state index contributed by atoms with van der Waals surface area (Å²) in [5.74, 6) is 0.858. The zero-order chi connectivity index (χ0) is 16.8. The third-order valence-electron chi connectivity index (χ3n) is 4.20. The third-order valence-corrected chi connectivity index (χ3v) is 4.20. The number of para-hydroxylation sites is 1. The maximum atomic E-state index is 12.2. The Balaban J connectivity index is 1.54. The minimum atomic E-state index is 0.00740. The van der Waals surface area contributed by atoms with Crippen molar-refractivity contribution in [3.8, 4) is 0 Å². The van der Waals surface area contributed by atoms with Crippen molar-refractivity contribution >= 4 is 17.4 Å². The van der Waals surface area contributed by atoms with E-state index in [1.807, 2.05) is 24.3 Å². The van der Waals surface area contributed by atoms with E-state index in [4.69, 9.17) is 0 Å². The van der Waals surface area contributed by atoms with Gasteiger partial charge in [0.2, 0.25) is 5.91 Å². The highest BCUT2D eigenvalue weighted by atomic mass is 16.1. The van der Waals surface area contributed by atoms with Crippen LogP contribution >= 0.6 is 0 Å². The highest BCUT2D eigenvalue weighted by Crippen LogP contribution is 2.19. The first-order valence-corrected chi connectivity index (χ1v) is 8.43. The lowest BCUT2D eigenvalue weighted by molar-refractivity contribution is -0.115. The fourth-order valence-electron chi connectivity index (χ4n) is 2.89. The number of nitrogens with one attached hydrogen (secondary N) is 3. The van der Waals surface area contributed by atoms with Gasteiger partial charge in [0.15, 0.2) is 0 Å². The molecule has 0 saturated carbocycles. The fourth-order valence-corrected chi connectivity index (χ4v) is 2.89. The van der Waals surface area contributed by atoms with Crippen LogP contribution in [-0.2, 0) is 24.2 Å². The van der Waals surface area contributed by atoms with Gasteiger partial charge in [-0.1, -0.05) is 25.1 Å². The van der Waals surface area contributed by atoms with Crippen LogP contribution < -0.4 is 16.0 Å². The van der Waals surface area contributed by atoms with Crippen molar-refractivity contribution in [3.05, 3.63) is 47.4 Å². The Labute approximate surface area is 142 Å². The van der Waals surface area contributed by atoms with Crippen LogP contribution in [0.1, 0.15) is 30.2 Å². The number of benzene rings is 1. The fraction of sp³-hybridized carbons (Fsp3) is 0.389. The summed E-state index contributed by atoms with van der Waals surface area (Å²) in [6, 6.07) is 7.91. The Bertz CT molecular complexity index is 716. The summed E-state index contributed by atoms with van der Waals surface area (Å²) < 4.78 is 0. The second-order valence-corrected chi connectivity index (χ2v) is 5.81. The Morgan fingerprint density at radius 2 is 2.17 bits per heavy atom. The van der Waals surface area contributed by atoms with Gasteiger partial charge in [-0.25, -0.2) is 9.97 Å². The summed E-state index contributed by atoms with van der Waals surface area (Å²) in [5, 5.41) is 9.57. The second-order valence-electron chi connectivity index (χ2n) is 5.81. The van der Waals surface area contributed by atoms with Crippen molar-refractivity contribution in [1.29, 1.82) is 0 Å². The van der Waals surface area contributed by atoms with E-state index < -0.39 is 0 Å². The number of fused-ring (bicyclic) bond motifs is 1. The molecule has 0 bridgehead atoms. The Morgan fingerprint density at radius 3 is 3.04 bits per heavy atom. The molecule has 3 N–H and O–H groups in total. The zero-order valence-corrected chi connectivity index (χ0v) is 13.9. The molecule has 6 heteroatoms. The molecule has 126 valence electrons. The van der Waals surface area contributed by atoms with Crippen LogP contribution in [0.5, 0.6) is 0 Å². The van der Waals surface area contributed by atoms with Gasteiger partial charge in [-0.3, -0.25) is 4.79 Å². The lowest BCUT2D eigenvalue weighted by Gasteiger charge is -2.19. The highest BCUT2D eigenvalue weighted by molar-refractivity contribution is 5.91. The zero-order valence-electron chi connectivity index (χ0n) is 13.9. The van der Waals surface area contributed by atoms with Gasteiger partial charge in [-0.15, -0.1) is 0 Å². The molecule has 1 amide bonds. The smallest absolute Gasteiger partial charge is 0.226 e. The number of carbonyl (C=O) groups is 1. The largest absolute Gasteiger partial charge is 0.369 e. The summed E-state index contributed by atoms with van der Waals surface area (Å²) in [7, 11) is 0. The van der Waals surface area contributed by atoms with Crippen molar-refractivity contribution in [2.24, 2.45) is 0 Å². The van der Waals surface area contributed by atoms with E-state index in [9.17, 15) is 4.79 Å². The quantitative estimate of drug-likeness (QED) is 0.758. The van der Waals surface area contributed by atoms with Crippen molar-refractivity contribution in [3.63, 3.8) is 0 Å². The number of amides is 1. The van der Waals surface area contributed by atoms with Crippen LogP contribution in [-0.4, -0.2) is 29.0 Å². The second kappa shape index (κ2) is 7.88. The van der Waals surface area contributed by atoms with E-state index in [2.05, 4.69) is 32.8 Å².